The number of H-pyrrole nitrogens is 1. The minimum Gasteiger partial charge on any atom is -0.456 e. The summed E-state index contributed by atoms with van der Waals surface area (Å²) in [5, 5.41) is 13.6. The third-order valence-electron chi connectivity index (χ3n) is 6.77. The fourth-order valence-corrected chi connectivity index (χ4v) is 5.49. The van der Waals surface area contributed by atoms with Crippen LogP contribution >= 0.6 is 0 Å². The Balaban J connectivity index is 1.94. The quantitative estimate of drug-likeness (QED) is 0.301. The number of nitrogens with zero attached hydrogens (tertiary/aromatic N) is 1. The first-order chi connectivity index (χ1) is 18.6. The smallest absolute Gasteiger partial charge is 0.267 e. The molecule has 1 aromatic heterocycles. The third-order valence-corrected chi connectivity index (χ3v) is 7.91. The molecule has 0 spiro atoms. The van der Waals surface area contributed by atoms with Crippen LogP contribution in [0.25, 0.3) is 11.3 Å². The number of carbonyl (C=O) groups is 1. The Morgan fingerprint density at radius 3 is 2.38 bits per heavy atom. The molecule has 4 N–H and O–H groups in total. The van der Waals surface area contributed by atoms with Crippen molar-refractivity contribution in [2.45, 2.75) is 45.1 Å². The molecule has 0 fully saturated rings. The molecule has 10 heteroatoms. The average molecular weight is 563 g/mol. The minimum atomic E-state index is -2.91. The van der Waals surface area contributed by atoms with Gasteiger partial charge in [0.2, 0.25) is 0 Å². The first-order valence-electron chi connectivity index (χ1n) is 12.8. The number of aliphatic hydroxyl groups is 1. The topological polar surface area (TPSA) is 136 Å². The Morgan fingerprint density at radius 1 is 1.18 bits per heavy atom. The second-order valence-electron chi connectivity index (χ2n) is 10.5. The van der Waals surface area contributed by atoms with Crippen LogP contribution in [0.2, 0.25) is 0 Å². The molecular formula is C30H34N4O5S. The molecular weight excluding hydrogens is 528 g/mol. The van der Waals surface area contributed by atoms with E-state index in [0.717, 1.165) is 11.1 Å². The van der Waals surface area contributed by atoms with Gasteiger partial charge >= 0.3 is 0 Å². The van der Waals surface area contributed by atoms with E-state index in [1.807, 2.05) is 32.8 Å². The van der Waals surface area contributed by atoms with E-state index in [-0.39, 0.29) is 11.6 Å². The van der Waals surface area contributed by atoms with Gasteiger partial charge in [-0.05, 0) is 81.6 Å². The zero-order valence-electron chi connectivity index (χ0n) is 23.7. The monoisotopic (exact) mass is 562 g/mol. The SMILES string of the molecule is CCNC(=O)c1cc2c([nH]1)C(=C=O)N(C)C=C2c1cc(C(C)(C)O)ccc1Oc1c(C)cc(S(C)(=N)=O)cc1C. The number of nitrogens with one attached hydrogen (secondary N) is 3. The van der Waals surface area contributed by atoms with Crippen LogP contribution in [-0.4, -0.2) is 50.9 Å². The van der Waals surface area contributed by atoms with E-state index >= 15 is 0 Å². The molecule has 2 aromatic carbocycles. The number of rotatable bonds is 7. The summed E-state index contributed by atoms with van der Waals surface area (Å²) in [4.78, 5) is 29.7. The summed E-state index contributed by atoms with van der Waals surface area (Å²) in [5.41, 5.74) is 3.81. The molecule has 2 heterocycles. The predicted molar refractivity (Wildman–Crippen MR) is 155 cm³/mol. The number of hydrogen-bond acceptors (Lipinski definition) is 7. The second-order valence-corrected chi connectivity index (χ2v) is 12.7. The summed E-state index contributed by atoms with van der Waals surface area (Å²) in [6.45, 7) is 9.30. The molecule has 1 amide bonds. The average Bonchev–Trinajstić information content (AvgIpc) is 3.30. The lowest BCUT2D eigenvalue weighted by Crippen LogP contribution is -2.23. The molecule has 0 saturated heterocycles. The van der Waals surface area contributed by atoms with Crippen LogP contribution < -0.4 is 10.1 Å². The molecule has 1 unspecified atom stereocenters. The maximum absolute atomic E-state index is 12.7. The summed E-state index contributed by atoms with van der Waals surface area (Å²) >= 11 is 0. The van der Waals surface area contributed by atoms with Gasteiger partial charge in [-0.15, -0.1) is 0 Å². The molecule has 0 aliphatic carbocycles. The number of hydrogen-bond donors (Lipinski definition) is 4. The van der Waals surface area contributed by atoms with Crippen molar-refractivity contribution in [1.82, 2.24) is 15.2 Å². The molecule has 0 radical (unpaired) electrons. The summed E-state index contributed by atoms with van der Waals surface area (Å²) in [6.07, 6.45) is 3.15. The molecule has 1 aliphatic rings. The maximum Gasteiger partial charge on any atom is 0.267 e. The summed E-state index contributed by atoms with van der Waals surface area (Å²) < 4.78 is 26.8. The van der Waals surface area contributed by atoms with Crippen molar-refractivity contribution in [1.29, 1.82) is 4.78 Å². The number of aromatic amines is 1. The van der Waals surface area contributed by atoms with E-state index in [4.69, 9.17) is 9.52 Å². The lowest BCUT2D eigenvalue weighted by atomic mass is 9.89. The first kappa shape index (κ1) is 28.9. The van der Waals surface area contributed by atoms with Crippen molar-refractivity contribution < 1.29 is 23.6 Å². The van der Waals surface area contributed by atoms with E-state index in [2.05, 4.69) is 10.3 Å². The molecule has 0 saturated carbocycles. The molecule has 1 aliphatic heterocycles. The normalized spacial score (nSPS) is 14.7. The van der Waals surface area contributed by atoms with Crippen LogP contribution in [0, 0.1) is 18.6 Å². The number of aryl methyl sites for hydroxylation is 2. The molecule has 4 rings (SSSR count). The van der Waals surface area contributed by atoms with Gasteiger partial charge in [0, 0.05) is 47.6 Å². The Kier molecular flexibility index (Phi) is 7.56. The lowest BCUT2D eigenvalue weighted by molar-refractivity contribution is 0.0785. The first-order valence-corrected chi connectivity index (χ1v) is 14.7. The zero-order valence-corrected chi connectivity index (χ0v) is 24.5. The van der Waals surface area contributed by atoms with E-state index in [1.165, 1.54) is 6.26 Å². The highest BCUT2D eigenvalue weighted by Crippen LogP contribution is 2.43. The fraction of sp³-hybridized carbons (Fsp3) is 0.300. The van der Waals surface area contributed by atoms with Gasteiger partial charge in [0.05, 0.1) is 21.0 Å². The van der Waals surface area contributed by atoms with Crippen LogP contribution in [0.1, 0.15) is 64.8 Å². The van der Waals surface area contributed by atoms with Crippen molar-refractivity contribution >= 4 is 32.8 Å². The van der Waals surface area contributed by atoms with Crippen LogP contribution in [0.4, 0.5) is 0 Å². The highest BCUT2D eigenvalue weighted by Gasteiger charge is 2.29. The number of fused-ring (bicyclic) bond motifs is 1. The van der Waals surface area contributed by atoms with Crippen LogP contribution in [0.3, 0.4) is 0 Å². The highest BCUT2D eigenvalue weighted by molar-refractivity contribution is 7.91. The highest BCUT2D eigenvalue weighted by atomic mass is 32.2. The van der Waals surface area contributed by atoms with Gasteiger partial charge in [-0.25, -0.2) is 13.8 Å². The van der Waals surface area contributed by atoms with Gasteiger partial charge in [0.1, 0.15) is 17.2 Å². The summed E-state index contributed by atoms with van der Waals surface area (Å²) in [6, 6.07) is 10.5. The summed E-state index contributed by atoms with van der Waals surface area (Å²) in [7, 11) is -1.19. The Bertz CT molecular complexity index is 1680. The van der Waals surface area contributed by atoms with E-state index in [1.54, 1.807) is 62.3 Å². The number of aromatic nitrogens is 1. The summed E-state index contributed by atoms with van der Waals surface area (Å²) in [5.74, 6) is 2.69. The van der Waals surface area contributed by atoms with Gasteiger partial charge in [-0.3, -0.25) is 4.79 Å². The number of amides is 1. The van der Waals surface area contributed by atoms with Crippen molar-refractivity contribution in [2.24, 2.45) is 0 Å². The van der Waals surface area contributed by atoms with Crippen LogP contribution in [0.5, 0.6) is 11.5 Å². The Morgan fingerprint density at radius 2 is 1.82 bits per heavy atom. The minimum absolute atomic E-state index is 0.247. The van der Waals surface area contributed by atoms with E-state index < -0.39 is 15.3 Å². The number of benzene rings is 2. The largest absolute Gasteiger partial charge is 0.456 e. The van der Waals surface area contributed by atoms with Gasteiger partial charge in [-0.1, -0.05) is 6.07 Å². The maximum atomic E-state index is 12.7. The van der Waals surface area contributed by atoms with Crippen molar-refractivity contribution in [2.75, 3.05) is 19.8 Å². The van der Waals surface area contributed by atoms with Gasteiger partial charge in [0.25, 0.3) is 5.91 Å². The van der Waals surface area contributed by atoms with Gasteiger partial charge in [0.15, 0.2) is 11.6 Å². The van der Waals surface area contributed by atoms with Gasteiger partial charge < -0.3 is 25.0 Å². The molecule has 40 heavy (non-hydrogen) atoms. The molecule has 210 valence electrons. The standard InChI is InChI=1S/C30H34N4O5S/c1-8-32-29(36)24-14-22-23(15-34(6)25(16-35)27(22)33-24)21-13-19(30(4,5)37)9-10-26(21)39-28-17(2)11-20(12-18(28)3)40(7,31)38/h9-15,31,33,37H,8H2,1-7H3,(H,32,36). The van der Waals surface area contributed by atoms with Crippen molar-refractivity contribution in [3.05, 3.63) is 81.8 Å². The predicted octanol–water partition coefficient (Wildman–Crippen LogP) is 4.94. The Hall–Kier alpha value is -4.11. The van der Waals surface area contributed by atoms with Gasteiger partial charge in [-0.2, -0.15) is 0 Å². The second kappa shape index (κ2) is 10.5. The van der Waals surface area contributed by atoms with E-state index in [9.17, 15) is 18.9 Å². The molecule has 1 atom stereocenters. The lowest BCUT2D eigenvalue weighted by Gasteiger charge is -2.27. The number of ether oxygens (including phenoxy) is 1. The van der Waals surface area contributed by atoms with E-state index in [0.29, 0.717) is 56.6 Å². The third kappa shape index (κ3) is 5.47. The van der Waals surface area contributed by atoms with Crippen molar-refractivity contribution in [3.63, 3.8) is 0 Å². The fourth-order valence-electron chi connectivity index (χ4n) is 4.69. The molecule has 3 aromatic rings. The van der Waals surface area contributed by atoms with Crippen LogP contribution in [-0.2, 0) is 20.1 Å². The molecule has 0 bridgehead atoms. The zero-order chi connectivity index (χ0) is 29.6. The van der Waals surface area contributed by atoms with Crippen molar-refractivity contribution in [3.8, 4) is 11.5 Å². The number of carbonyl (C=O) groups excluding carboxylic acids is 2. The Labute approximate surface area is 234 Å². The van der Waals surface area contributed by atoms with Crippen LogP contribution in [0.15, 0.2) is 47.5 Å². The molecule has 9 nitrogen and oxygen atoms in total.